The van der Waals surface area contributed by atoms with Gasteiger partial charge < -0.3 is 15.7 Å². The van der Waals surface area contributed by atoms with E-state index in [0.717, 1.165) is 32.1 Å². The average molecular weight is 331 g/mol. The number of carbonyl (C=O) groups is 1. The lowest BCUT2D eigenvalue weighted by Gasteiger charge is -2.61. The molecule has 5 aliphatic rings. The van der Waals surface area contributed by atoms with Crippen molar-refractivity contribution in [3.05, 3.63) is 0 Å². The van der Waals surface area contributed by atoms with Crippen LogP contribution in [0.2, 0.25) is 0 Å². The van der Waals surface area contributed by atoms with Crippen LogP contribution >= 0.6 is 0 Å². The molecule has 6 atom stereocenters. The number of aliphatic hydroxyl groups is 1. The van der Waals surface area contributed by atoms with Gasteiger partial charge in [-0.1, -0.05) is 6.92 Å². The molecular formula is C19H29N3O2. The van der Waals surface area contributed by atoms with Gasteiger partial charge in [0.2, 0.25) is 5.91 Å². The number of carbonyl (C=O) groups excluding carboxylic acids is 1. The van der Waals surface area contributed by atoms with Gasteiger partial charge in [0, 0.05) is 6.04 Å². The molecule has 0 heterocycles. The van der Waals surface area contributed by atoms with Crippen molar-refractivity contribution in [3.63, 3.8) is 0 Å². The number of nitrogens with zero attached hydrogens (tertiary/aromatic N) is 2. The first-order valence-corrected chi connectivity index (χ1v) is 9.47. The van der Waals surface area contributed by atoms with Crippen LogP contribution in [0.5, 0.6) is 0 Å². The summed E-state index contributed by atoms with van der Waals surface area (Å²) in [6.45, 7) is 3.91. The molecule has 1 amide bonds. The Hall–Kier alpha value is -1.12. The normalized spacial score (nSPS) is 47.8. The van der Waals surface area contributed by atoms with Crippen molar-refractivity contribution in [1.29, 1.82) is 5.26 Å². The highest BCUT2D eigenvalue weighted by atomic mass is 16.3. The molecule has 4 bridgehead atoms. The van der Waals surface area contributed by atoms with Gasteiger partial charge in [-0.15, -0.1) is 0 Å². The van der Waals surface area contributed by atoms with E-state index in [2.05, 4.69) is 13.0 Å². The molecule has 4 unspecified atom stereocenters. The predicted molar refractivity (Wildman–Crippen MR) is 89.5 cm³/mol. The minimum absolute atomic E-state index is 0.0658. The summed E-state index contributed by atoms with van der Waals surface area (Å²) in [6, 6.07) is 1.37. The van der Waals surface area contributed by atoms with Gasteiger partial charge in [-0.3, -0.25) is 4.79 Å². The maximum atomic E-state index is 13.3. The van der Waals surface area contributed by atoms with Crippen LogP contribution in [0.1, 0.15) is 58.8 Å². The van der Waals surface area contributed by atoms with E-state index in [1.54, 1.807) is 11.8 Å². The van der Waals surface area contributed by atoms with Crippen LogP contribution in [0.15, 0.2) is 0 Å². The molecule has 3 N–H and O–H groups in total. The molecule has 5 heteroatoms. The Morgan fingerprint density at radius 2 is 1.88 bits per heavy atom. The van der Waals surface area contributed by atoms with Gasteiger partial charge in [-0.2, -0.15) is 5.26 Å². The Labute approximate surface area is 144 Å². The van der Waals surface area contributed by atoms with Crippen molar-refractivity contribution in [3.8, 4) is 6.07 Å². The monoisotopic (exact) mass is 331 g/mol. The SMILES string of the molecule is CC1CC1N(C(=O)[C@@H](N)C12CC3CC(CC(O)(C3)C1)C2)[C@@H](C)C#N. The summed E-state index contributed by atoms with van der Waals surface area (Å²) in [5.74, 6) is 1.41. The van der Waals surface area contributed by atoms with E-state index >= 15 is 0 Å². The van der Waals surface area contributed by atoms with Crippen molar-refractivity contribution in [1.82, 2.24) is 4.90 Å². The second-order valence-electron chi connectivity index (χ2n) is 9.36. The topological polar surface area (TPSA) is 90.3 Å². The molecule has 5 rings (SSSR count). The van der Waals surface area contributed by atoms with E-state index in [9.17, 15) is 15.2 Å². The minimum Gasteiger partial charge on any atom is -0.390 e. The predicted octanol–water partition coefficient (Wildman–Crippen LogP) is 1.79. The molecule has 0 aromatic heterocycles. The maximum Gasteiger partial charge on any atom is 0.241 e. The van der Waals surface area contributed by atoms with Gasteiger partial charge >= 0.3 is 0 Å². The summed E-state index contributed by atoms with van der Waals surface area (Å²) in [5.41, 5.74) is 5.69. The van der Waals surface area contributed by atoms with Crippen molar-refractivity contribution in [2.24, 2.45) is 28.9 Å². The summed E-state index contributed by atoms with van der Waals surface area (Å²) in [7, 11) is 0. The molecule has 0 saturated heterocycles. The Morgan fingerprint density at radius 1 is 1.29 bits per heavy atom. The number of nitrogens with two attached hydrogens (primary N) is 1. The number of rotatable bonds is 4. The highest BCUT2D eigenvalue weighted by Gasteiger charge is 2.61. The molecule has 132 valence electrons. The van der Waals surface area contributed by atoms with E-state index in [0.29, 0.717) is 24.2 Å². The van der Waals surface area contributed by atoms with Gasteiger partial charge in [0.15, 0.2) is 0 Å². The second-order valence-corrected chi connectivity index (χ2v) is 9.36. The van der Waals surface area contributed by atoms with Crippen molar-refractivity contribution in [2.45, 2.75) is 82.5 Å². The fourth-order valence-corrected chi connectivity index (χ4v) is 6.46. The molecule has 0 spiro atoms. The summed E-state index contributed by atoms with van der Waals surface area (Å²) in [6.07, 6.45) is 6.50. The summed E-state index contributed by atoms with van der Waals surface area (Å²) >= 11 is 0. The maximum absolute atomic E-state index is 13.3. The fourth-order valence-electron chi connectivity index (χ4n) is 6.46. The molecule has 0 aromatic rings. The van der Waals surface area contributed by atoms with E-state index in [1.807, 2.05) is 0 Å². The van der Waals surface area contributed by atoms with Gasteiger partial charge in [0.1, 0.15) is 6.04 Å². The quantitative estimate of drug-likeness (QED) is 0.822. The third kappa shape index (κ3) is 2.38. The van der Waals surface area contributed by atoms with E-state index in [-0.39, 0.29) is 17.4 Å². The van der Waals surface area contributed by atoms with Crippen LogP contribution in [-0.2, 0) is 4.79 Å². The van der Waals surface area contributed by atoms with Crippen LogP contribution in [-0.4, -0.2) is 39.6 Å². The zero-order chi connectivity index (χ0) is 17.3. The van der Waals surface area contributed by atoms with Crippen LogP contribution < -0.4 is 5.73 Å². The average Bonchev–Trinajstić information content (AvgIpc) is 3.20. The van der Waals surface area contributed by atoms with Gasteiger partial charge in [0.25, 0.3) is 0 Å². The highest BCUT2D eigenvalue weighted by molar-refractivity contribution is 5.84. The molecule has 5 aliphatic carbocycles. The first kappa shape index (κ1) is 16.4. The van der Waals surface area contributed by atoms with Crippen LogP contribution in [0.4, 0.5) is 0 Å². The lowest BCUT2D eigenvalue weighted by molar-refractivity contribution is -0.177. The molecule has 0 radical (unpaired) electrons. The fraction of sp³-hybridized carbons (Fsp3) is 0.895. The Bertz CT molecular complexity index is 584. The molecular weight excluding hydrogens is 302 g/mol. The largest absolute Gasteiger partial charge is 0.390 e. The second kappa shape index (κ2) is 5.19. The van der Waals surface area contributed by atoms with E-state index in [4.69, 9.17) is 5.73 Å². The van der Waals surface area contributed by atoms with Crippen LogP contribution in [0.3, 0.4) is 0 Å². The Kier molecular flexibility index (Phi) is 3.54. The smallest absolute Gasteiger partial charge is 0.241 e. The number of hydrogen-bond acceptors (Lipinski definition) is 4. The van der Waals surface area contributed by atoms with E-state index < -0.39 is 17.7 Å². The summed E-state index contributed by atoms with van der Waals surface area (Å²) < 4.78 is 0. The molecule has 5 saturated carbocycles. The molecule has 24 heavy (non-hydrogen) atoms. The lowest BCUT2D eigenvalue weighted by atomic mass is 9.46. The third-order valence-corrected chi connectivity index (χ3v) is 7.28. The van der Waals surface area contributed by atoms with Gasteiger partial charge in [-0.25, -0.2) is 0 Å². The molecule has 5 fully saturated rings. The minimum atomic E-state index is -0.611. The molecule has 0 aliphatic heterocycles. The van der Waals surface area contributed by atoms with Crippen LogP contribution in [0, 0.1) is 34.5 Å². The molecule has 5 nitrogen and oxygen atoms in total. The Balaban J connectivity index is 1.59. The van der Waals surface area contributed by atoms with Crippen molar-refractivity contribution >= 4 is 5.91 Å². The highest BCUT2D eigenvalue weighted by Crippen LogP contribution is 2.62. The van der Waals surface area contributed by atoms with Gasteiger partial charge in [0.05, 0.1) is 17.7 Å². The zero-order valence-corrected chi connectivity index (χ0v) is 14.7. The third-order valence-electron chi connectivity index (χ3n) is 7.28. The number of hydrogen-bond donors (Lipinski definition) is 2. The lowest BCUT2D eigenvalue weighted by Crippen LogP contribution is -2.65. The van der Waals surface area contributed by atoms with Crippen molar-refractivity contribution in [2.75, 3.05) is 0 Å². The standard InChI is InChI=1S/C19H29N3O2/c1-11-3-15(11)22(12(2)9-20)17(23)16(21)18-5-13-4-14(6-18)8-19(24,7-13)10-18/h11-16,24H,3-8,10,21H2,1-2H3/t11?,12-,13?,14?,15?,16+,18?,19?/m0/s1. The number of nitriles is 1. The first-order valence-electron chi connectivity index (χ1n) is 9.47. The Morgan fingerprint density at radius 3 is 2.33 bits per heavy atom. The van der Waals surface area contributed by atoms with Gasteiger partial charge in [-0.05, 0) is 75.0 Å². The zero-order valence-electron chi connectivity index (χ0n) is 14.7. The summed E-state index contributed by atoms with van der Waals surface area (Å²) in [5, 5.41) is 20.3. The summed E-state index contributed by atoms with van der Waals surface area (Å²) in [4.78, 5) is 15.0. The van der Waals surface area contributed by atoms with Crippen LogP contribution in [0.25, 0.3) is 0 Å². The van der Waals surface area contributed by atoms with Crippen molar-refractivity contribution < 1.29 is 9.90 Å². The first-order chi connectivity index (χ1) is 11.3. The van der Waals surface area contributed by atoms with E-state index in [1.165, 1.54) is 6.42 Å². The number of amides is 1. The molecule has 0 aromatic carbocycles.